The summed E-state index contributed by atoms with van der Waals surface area (Å²) in [6.07, 6.45) is 6.10. The normalized spacial score (nSPS) is 13.9. The minimum absolute atomic E-state index is 0.322. The first kappa shape index (κ1) is 15.3. The average molecular weight is 286 g/mol. The van der Waals surface area contributed by atoms with Gasteiger partial charge in [-0.3, -0.25) is 10.1 Å². The smallest absolute Gasteiger partial charge is 0.237 e. The third-order valence-corrected chi connectivity index (χ3v) is 4.05. The molecule has 1 heterocycles. The molecule has 1 aromatic heterocycles. The Morgan fingerprint density at radius 3 is 2.76 bits per heavy atom. The Bertz CT molecular complexity index is 621. The summed E-state index contributed by atoms with van der Waals surface area (Å²) in [5, 5.41) is 3.26. The minimum Gasteiger partial charge on any atom is -0.368 e. The quantitative estimate of drug-likeness (QED) is 0.852. The zero-order valence-electron chi connectivity index (χ0n) is 12.8. The van der Waals surface area contributed by atoms with Crippen molar-refractivity contribution in [2.24, 2.45) is 5.73 Å². The van der Waals surface area contributed by atoms with Gasteiger partial charge in [0.25, 0.3) is 0 Å². The number of carbonyl (C=O) groups is 1. The number of aryl methyl sites for hydroxylation is 1. The fourth-order valence-corrected chi connectivity index (χ4v) is 2.13. The lowest BCUT2D eigenvalue weighted by Crippen LogP contribution is -2.52. The number of imidazole rings is 1. The lowest BCUT2D eigenvalue weighted by atomic mass is 9.97. The van der Waals surface area contributed by atoms with E-state index in [2.05, 4.69) is 29.4 Å². The van der Waals surface area contributed by atoms with Gasteiger partial charge in [-0.25, -0.2) is 4.98 Å². The van der Waals surface area contributed by atoms with Crippen molar-refractivity contribution in [3.63, 3.8) is 0 Å². The lowest BCUT2D eigenvalue weighted by Gasteiger charge is -2.26. The van der Waals surface area contributed by atoms with Gasteiger partial charge in [-0.2, -0.15) is 0 Å². The van der Waals surface area contributed by atoms with Crippen LogP contribution in [-0.2, 0) is 11.3 Å². The predicted octanol–water partition coefficient (Wildman–Crippen LogP) is 1.92. The molecule has 0 bridgehead atoms. The van der Waals surface area contributed by atoms with E-state index in [-0.39, 0.29) is 5.91 Å². The average Bonchev–Trinajstić information content (AvgIpc) is 2.99. The number of nitrogens with zero attached hydrogens (tertiary/aromatic N) is 2. The monoisotopic (exact) mass is 286 g/mol. The van der Waals surface area contributed by atoms with Crippen molar-refractivity contribution >= 4 is 5.91 Å². The molecule has 2 rings (SSSR count). The first-order chi connectivity index (χ1) is 9.96. The SMILES string of the molecule is CC[C@@](C)(NCc1ccc(-n2ccnc2)cc1C)C(N)=O. The molecule has 1 aromatic carbocycles. The van der Waals surface area contributed by atoms with Gasteiger partial charge in [0.05, 0.1) is 11.9 Å². The maximum Gasteiger partial charge on any atom is 0.237 e. The third-order valence-electron chi connectivity index (χ3n) is 4.05. The number of carbonyl (C=O) groups excluding carboxylic acids is 1. The van der Waals surface area contributed by atoms with Crippen molar-refractivity contribution in [1.82, 2.24) is 14.9 Å². The Balaban J connectivity index is 2.13. The van der Waals surface area contributed by atoms with Crippen molar-refractivity contribution in [2.75, 3.05) is 0 Å². The van der Waals surface area contributed by atoms with Gasteiger partial charge >= 0.3 is 0 Å². The number of amides is 1. The van der Waals surface area contributed by atoms with E-state index in [9.17, 15) is 4.79 Å². The second-order valence-corrected chi connectivity index (χ2v) is 5.48. The van der Waals surface area contributed by atoms with Crippen LogP contribution in [0.15, 0.2) is 36.9 Å². The molecule has 0 fully saturated rings. The van der Waals surface area contributed by atoms with E-state index in [1.165, 1.54) is 0 Å². The van der Waals surface area contributed by atoms with Crippen molar-refractivity contribution in [3.05, 3.63) is 48.0 Å². The van der Waals surface area contributed by atoms with E-state index in [4.69, 9.17) is 5.73 Å². The van der Waals surface area contributed by atoms with E-state index in [1.807, 2.05) is 30.7 Å². The maximum atomic E-state index is 11.5. The molecule has 0 radical (unpaired) electrons. The second kappa shape index (κ2) is 6.10. The number of hydrogen-bond donors (Lipinski definition) is 2. The first-order valence-corrected chi connectivity index (χ1v) is 7.09. The summed E-state index contributed by atoms with van der Waals surface area (Å²) in [5.74, 6) is -0.322. The van der Waals surface area contributed by atoms with Crippen molar-refractivity contribution < 1.29 is 4.79 Å². The first-order valence-electron chi connectivity index (χ1n) is 7.09. The minimum atomic E-state index is -0.671. The van der Waals surface area contributed by atoms with Crippen LogP contribution in [0, 0.1) is 6.92 Å². The van der Waals surface area contributed by atoms with Gasteiger partial charge in [0.2, 0.25) is 5.91 Å². The van der Waals surface area contributed by atoms with Gasteiger partial charge in [0.1, 0.15) is 0 Å². The predicted molar refractivity (Wildman–Crippen MR) is 83.0 cm³/mol. The summed E-state index contributed by atoms with van der Waals surface area (Å²) in [4.78, 5) is 15.6. The summed E-state index contributed by atoms with van der Waals surface area (Å²) in [7, 11) is 0. The van der Waals surface area contributed by atoms with Gasteiger partial charge in [-0.1, -0.05) is 13.0 Å². The van der Waals surface area contributed by atoms with Crippen LogP contribution in [0.25, 0.3) is 5.69 Å². The molecule has 5 heteroatoms. The molecule has 5 nitrogen and oxygen atoms in total. The number of benzene rings is 1. The molecule has 0 aliphatic carbocycles. The molecule has 21 heavy (non-hydrogen) atoms. The molecule has 1 amide bonds. The van der Waals surface area contributed by atoms with Gasteiger partial charge in [-0.15, -0.1) is 0 Å². The standard InChI is InChI=1S/C16H22N4O/c1-4-16(3,15(17)21)19-10-13-5-6-14(9-12(13)2)20-8-7-18-11-20/h5-9,11,19H,4,10H2,1-3H3,(H2,17,21)/t16-/m1/s1. The van der Waals surface area contributed by atoms with Crippen LogP contribution in [0.2, 0.25) is 0 Å². The van der Waals surface area contributed by atoms with Crippen LogP contribution in [-0.4, -0.2) is 21.0 Å². The Morgan fingerprint density at radius 2 is 2.24 bits per heavy atom. The zero-order valence-corrected chi connectivity index (χ0v) is 12.8. The topological polar surface area (TPSA) is 72.9 Å². The van der Waals surface area contributed by atoms with Gasteiger partial charge in [0.15, 0.2) is 0 Å². The molecule has 3 N–H and O–H groups in total. The van der Waals surface area contributed by atoms with Crippen LogP contribution in [0.4, 0.5) is 0 Å². The molecule has 0 spiro atoms. The van der Waals surface area contributed by atoms with Gasteiger partial charge < -0.3 is 10.3 Å². The number of aromatic nitrogens is 2. The molecular formula is C16H22N4O. The summed E-state index contributed by atoms with van der Waals surface area (Å²) in [6.45, 7) is 6.46. The Hall–Kier alpha value is -2.14. The Labute approximate surface area is 125 Å². The third kappa shape index (κ3) is 3.31. The van der Waals surface area contributed by atoms with E-state index < -0.39 is 5.54 Å². The van der Waals surface area contributed by atoms with Gasteiger partial charge in [-0.05, 0) is 43.5 Å². The van der Waals surface area contributed by atoms with Crippen molar-refractivity contribution in [1.29, 1.82) is 0 Å². The summed E-state index contributed by atoms with van der Waals surface area (Å²) < 4.78 is 1.96. The largest absolute Gasteiger partial charge is 0.368 e. The highest BCUT2D eigenvalue weighted by molar-refractivity contribution is 5.84. The zero-order chi connectivity index (χ0) is 15.5. The number of nitrogens with one attached hydrogen (secondary N) is 1. The highest BCUT2D eigenvalue weighted by Gasteiger charge is 2.27. The van der Waals surface area contributed by atoms with Crippen LogP contribution >= 0.6 is 0 Å². The molecule has 0 unspecified atom stereocenters. The number of nitrogens with two attached hydrogens (primary N) is 1. The van der Waals surface area contributed by atoms with E-state index in [1.54, 1.807) is 12.5 Å². The molecular weight excluding hydrogens is 264 g/mol. The van der Waals surface area contributed by atoms with Crippen LogP contribution in [0.5, 0.6) is 0 Å². The summed E-state index contributed by atoms with van der Waals surface area (Å²) in [6, 6.07) is 6.21. The highest BCUT2D eigenvalue weighted by Crippen LogP contribution is 2.16. The number of hydrogen-bond acceptors (Lipinski definition) is 3. The highest BCUT2D eigenvalue weighted by atomic mass is 16.1. The van der Waals surface area contributed by atoms with Crippen LogP contribution in [0.1, 0.15) is 31.4 Å². The molecule has 0 aliphatic heterocycles. The fraction of sp³-hybridized carbons (Fsp3) is 0.375. The number of rotatable bonds is 6. The van der Waals surface area contributed by atoms with Crippen LogP contribution < -0.4 is 11.1 Å². The van der Waals surface area contributed by atoms with Crippen LogP contribution in [0.3, 0.4) is 0 Å². The second-order valence-electron chi connectivity index (χ2n) is 5.48. The number of primary amides is 1. The molecule has 0 aliphatic rings. The molecule has 0 saturated heterocycles. The van der Waals surface area contributed by atoms with Crippen molar-refractivity contribution in [3.8, 4) is 5.69 Å². The van der Waals surface area contributed by atoms with E-state index in [0.717, 1.165) is 16.8 Å². The summed E-state index contributed by atoms with van der Waals surface area (Å²) >= 11 is 0. The maximum absolute atomic E-state index is 11.5. The Kier molecular flexibility index (Phi) is 4.43. The Morgan fingerprint density at radius 1 is 1.48 bits per heavy atom. The van der Waals surface area contributed by atoms with Crippen molar-refractivity contribution in [2.45, 2.75) is 39.3 Å². The molecule has 112 valence electrons. The molecule has 0 saturated carbocycles. The summed E-state index contributed by atoms with van der Waals surface area (Å²) in [5.41, 5.74) is 8.18. The lowest BCUT2D eigenvalue weighted by molar-refractivity contribution is -0.124. The molecule has 2 aromatic rings. The van der Waals surface area contributed by atoms with E-state index in [0.29, 0.717) is 13.0 Å². The van der Waals surface area contributed by atoms with E-state index >= 15 is 0 Å². The fourth-order valence-electron chi connectivity index (χ4n) is 2.13. The molecule has 1 atom stereocenters. The van der Waals surface area contributed by atoms with Gasteiger partial charge in [0, 0.05) is 24.6 Å².